The zero-order valence-corrected chi connectivity index (χ0v) is 11.6. The molecule has 19 heavy (non-hydrogen) atoms. The Labute approximate surface area is 112 Å². The van der Waals surface area contributed by atoms with Gasteiger partial charge in [0.1, 0.15) is 6.04 Å². The Morgan fingerprint density at radius 2 is 1.74 bits per heavy atom. The Morgan fingerprint density at radius 1 is 1.16 bits per heavy atom. The van der Waals surface area contributed by atoms with Crippen LogP contribution in [0.3, 0.4) is 0 Å². The fourth-order valence-electron chi connectivity index (χ4n) is 1.97. The maximum absolute atomic E-state index is 11.9. The van der Waals surface area contributed by atoms with E-state index in [0.717, 1.165) is 6.42 Å². The fourth-order valence-corrected chi connectivity index (χ4v) is 1.97. The highest BCUT2D eigenvalue weighted by Gasteiger charge is 2.41. The number of amides is 2. The molecule has 0 saturated heterocycles. The molecule has 4 atom stereocenters. The van der Waals surface area contributed by atoms with E-state index in [1.54, 1.807) is 6.92 Å². The van der Waals surface area contributed by atoms with Gasteiger partial charge in [-0.2, -0.15) is 0 Å². The quantitative estimate of drug-likeness (QED) is 0.655. The van der Waals surface area contributed by atoms with Gasteiger partial charge < -0.3 is 15.7 Å². The van der Waals surface area contributed by atoms with Gasteiger partial charge in [0.15, 0.2) is 0 Å². The molecule has 6 nitrogen and oxygen atoms in total. The monoisotopic (exact) mass is 270 g/mol. The molecule has 1 saturated carbocycles. The summed E-state index contributed by atoms with van der Waals surface area (Å²) in [5.41, 5.74) is 0. The zero-order valence-electron chi connectivity index (χ0n) is 11.6. The molecular formula is C13H22N2O4. The molecule has 1 rings (SSSR count). The minimum absolute atomic E-state index is 0.0577. The van der Waals surface area contributed by atoms with Crippen LogP contribution in [-0.4, -0.2) is 35.0 Å². The molecular weight excluding hydrogens is 248 g/mol. The molecule has 0 bridgehead atoms. The molecule has 0 aromatic rings. The molecule has 1 aliphatic rings. The first-order valence-corrected chi connectivity index (χ1v) is 6.70. The SMILES string of the molecule is CCC(C)NC(=O)C(C)NC(=O)C1CCC1C(=O)O. The van der Waals surface area contributed by atoms with Gasteiger partial charge in [0, 0.05) is 6.04 Å². The van der Waals surface area contributed by atoms with Gasteiger partial charge in [-0.05, 0) is 33.1 Å². The number of carboxylic acid groups (broad SMARTS) is 1. The van der Waals surface area contributed by atoms with Crippen LogP contribution in [0.5, 0.6) is 0 Å². The van der Waals surface area contributed by atoms with Crippen molar-refractivity contribution in [2.75, 3.05) is 0 Å². The molecule has 0 aromatic carbocycles. The Hall–Kier alpha value is -1.59. The largest absolute Gasteiger partial charge is 0.481 e. The van der Waals surface area contributed by atoms with Crippen LogP contribution in [0.4, 0.5) is 0 Å². The van der Waals surface area contributed by atoms with Crippen molar-refractivity contribution in [2.45, 2.75) is 52.1 Å². The normalized spacial score (nSPS) is 24.8. The number of hydrogen-bond acceptors (Lipinski definition) is 3. The van der Waals surface area contributed by atoms with Crippen molar-refractivity contribution >= 4 is 17.8 Å². The van der Waals surface area contributed by atoms with E-state index in [1.807, 2.05) is 13.8 Å². The van der Waals surface area contributed by atoms with Gasteiger partial charge in [-0.1, -0.05) is 6.92 Å². The number of carbonyl (C=O) groups excluding carboxylic acids is 2. The van der Waals surface area contributed by atoms with Crippen LogP contribution >= 0.6 is 0 Å². The van der Waals surface area contributed by atoms with Gasteiger partial charge in [0.2, 0.25) is 11.8 Å². The van der Waals surface area contributed by atoms with Crippen LogP contribution in [0.2, 0.25) is 0 Å². The summed E-state index contributed by atoms with van der Waals surface area (Å²) in [6.07, 6.45) is 1.92. The van der Waals surface area contributed by atoms with Gasteiger partial charge in [0.25, 0.3) is 0 Å². The number of nitrogens with one attached hydrogen (secondary N) is 2. The molecule has 0 heterocycles. The first kappa shape index (κ1) is 15.5. The van der Waals surface area contributed by atoms with Crippen molar-refractivity contribution in [1.29, 1.82) is 0 Å². The highest BCUT2D eigenvalue weighted by Crippen LogP contribution is 2.34. The van der Waals surface area contributed by atoms with Crippen molar-refractivity contribution in [3.05, 3.63) is 0 Å². The number of rotatable bonds is 6. The molecule has 0 aromatic heterocycles. The molecule has 2 amide bonds. The third-order valence-corrected chi connectivity index (χ3v) is 3.68. The smallest absolute Gasteiger partial charge is 0.307 e. The molecule has 6 heteroatoms. The number of aliphatic carboxylic acids is 1. The minimum atomic E-state index is -0.942. The summed E-state index contributed by atoms with van der Waals surface area (Å²) in [7, 11) is 0. The van der Waals surface area contributed by atoms with Gasteiger partial charge >= 0.3 is 5.97 Å². The predicted octanol–water partition coefficient (Wildman–Crippen LogP) is 0.517. The highest BCUT2D eigenvalue weighted by molar-refractivity contribution is 5.91. The second kappa shape index (κ2) is 6.54. The highest BCUT2D eigenvalue weighted by atomic mass is 16.4. The lowest BCUT2D eigenvalue weighted by Crippen LogP contribution is -2.52. The number of carbonyl (C=O) groups is 3. The molecule has 1 fully saturated rings. The second-order valence-electron chi connectivity index (χ2n) is 5.18. The first-order chi connectivity index (χ1) is 8.86. The molecule has 3 N–H and O–H groups in total. The van der Waals surface area contributed by atoms with E-state index >= 15 is 0 Å². The van der Waals surface area contributed by atoms with Crippen LogP contribution in [0, 0.1) is 11.8 Å². The minimum Gasteiger partial charge on any atom is -0.481 e. The third kappa shape index (κ3) is 3.94. The fraction of sp³-hybridized carbons (Fsp3) is 0.769. The van der Waals surface area contributed by atoms with Gasteiger partial charge in [-0.25, -0.2) is 0 Å². The molecule has 0 spiro atoms. The van der Waals surface area contributed by atoms with Crippen molar-refractivity contribution < 1.29 is 19.5 Å². The predicted molar refractivity (Wildman–Crippen MR) is 69.4 cm³/mol. The van der Waals surface area contributed by atoms with E-state index in [2.05, 4.69) is 10.6 Å². The van der Waals surface area contributed by atoms with E-state index in [9.17, 15) is 14.4 Å². The summed E-state index contributed by atoms with van der Waals surface area (Å²) in [5.74, 6) is -2.64. The van der Waals surface area contributed by atoms with E-state index in [-0.39, 0.29) is 17.9 Å². The van der Waals surface area contributed by atoms with E-state index < -0.39 is 23.8 Å². The second-order valence-corrected chi connectivity index (χ2v) is 5.18. The van der Waals surface area contributed by atoms with E-state index in [4.69, 9.17) is 5.11 Å². The summed E-state index contributed by atoms with van der Waals surface area (Å²) >= 11 is 0. The molecule has 4 unspecified atom stereocenters. The molecule has 0 aliphatic heterocycles. The summed E-state index contributed by atoms with van der Waals surface area (Å²) in [6, 6.07) is -0.584. The summed E-state index contributed by atoms with van der Waals surface area (Å²) in [6.45, 7) is 5.45. The topological polar surface area (TPSA) is 95.5 Å². The zero-order chi connectivity index (χ0) is 14.6. The van der Waals surface area contributed by atoms with Crippen LogP contribution in [0.25, 0.3) is 0 Å². The Balaban J connectivity index is 2.44. The molecule has 108 valence electrons. The van der Waals surface area contributed by atoms with E-state index in [1.165, 1.54) is 0 Å². The van der Waals surface area contributed by atoms with Crippen LogP contribution in [0.15, 0.2) is 0 Å². The van der Waals surface area contributed by atoms with Crippen LogP contribution < -0.4 is 10.6 Å². The Morgan fingerprint density at radius 3 is 2.16 bits per heavy atom. The Bertz CT molecular complexity index is 370. The number of hydrogen-bond donors (Lipinski definition) is 3. The molecule has 0 radical (unpaired) electrons. The summed E-state index contributed by atoms with van der Waals surface area (Å²) in [4.78, 5) is 34.4. The average molecular weight is 270 g/mol. The van der Waals surface area contributed by atoms with Crippen molar-refractivity contribution in [2.24, 2.45) is 11.8 Å². The maximum Gasteiger partial charge on any atom is 0.307 e. The van der Waals surface area contributed by atoms with Gasteiger partial charge in [-0.3, -0.25) is 14.4 Å². The third-order valence-electron chi connectivity index (χ3n) is 3.68. The maximum atomic E-state index is 11.9. The van der Waals surface area contributed by atoms with E-state index in [0.29, 0.717) is 12.8 Å². The number of carboxylic acids is 1. The van der Waals surface area contributed by atoms with Gasteiger partial charge in [-0.15, -0.1) is 0 Å². The van der Waals surface area contributed by atoms with Crippen LogP contribution in [0.1, 0.15) is 40.0 Å². The van der Waals surface area contributed by atoms with Crippen molar-refractivity contribution in [1.82, 2.24) is 10.6 Å². The summed E-state index contributed by atoms with van der Waals surface area (Å²) in [5, 5.41) is 14.2. The van der Waals surface area contributed by atoms with Crippen molar-refractivity contribution in [3.63, 3.8) is 0 Å². The van der Waals surface area contributed by atoms with Crippen molar-refractivity contribution in [3.8, 4) is 0 Å². The lowest BCUT2D eigenvalue weighted by molar-refractivity contribution is -0.153. The lowest BCUT2D eigenvalue weighted by Gasteiger charge is -2.32. The molecule has 1 aliphatic carbocycles. The lowest BCUT2D eigenvalue weighted by atomic mass is 9.73. The van der Waals surface area contributed by atoms with Crippen LogP contribution in [-0.2, 0) is 14.4 Å². The van der Waals surface area contributed by atoms with Gasteiger partial charge in [0.05, 0.1) is 11.8 Å². The first-order valence-electron chi connectivity index (χ1n) is 6.70. The Kier molecular flexibility index (Phi) is 5.32. The standard InChI is InChI=1S/C13H22N2O4/c1-4-7(2)14-11(16)8(3)15-12(17)9-5-6-10(9)13(18)19/h7-10H,4-6H2,1-3H3,(H,14,16)(H,15,17)(H,18,19). The average Bonchev–Trinajstić information content (AvgIpc) is 2.25. The summed E-state index contributed by atoms with van der Waals surface area (Å²) < 4.78 is 0.